The summed E-state index contributed by atoms with van der Waals surface area (Å²) in [5, 5.41) is 0. The Balaban J connectivity index is 2.58. The molecule has 100 valence electrons. The first-order valence-corrected chi connectivity index (χ1v) is 6.53. The van der Waals surface area contributed by atoms with Crippen molar-refractivity contribution in [3.8, 4) is 5.75 Å². The second-order valence-electron chi connectivity index (χ2n) is 5.14. The highest BCUT2D eigenvalue weighted by Crippen LogP contribution is 2.43. The number of rotatable bonds is 3. The number of aldehydes is 1. The van der Waals surface area contributed by atoms with Crippen molar-refractivity contribution >= 4 is 11.9 Å². The number of benzene rings is 1. The van der Waals surface area contributed by atoms with Gasteiger partial charge in [-0.1, -0.05) is 18.6 Å². The van der Waals surface area contributed by atoms with Crippen LogP contribution in [0.25, 0.3) is 5.57 Å². The quantitative estimate of drug-likeness (QED) is 0.755. The topological polar surface area (TPSA) is 26.3 Å². The van der Waals surface area contributed by atoms with Crippen LogP contribution in [0.1, 0.15) is 43.6 Å². The van der Waals surface area contributed by atoms with Crippen molar-refractivity contribution in [3.05, 3.63) is 46.0 Å². The summed E-state index contributed by atoms with van der Waals surface area (Å²) in [6.07, 6.45) is 0.911. The van der Waals surface area contributed by atoms with Gasteiger partial charge in [-0.05, 0) is 55.2 Å². The predicted octanol–water partition coefficient (Wildman–Crippen LogP) is 4.27. The average Bonchev–Trinajstić information content (AvgIpc) is 2.62. The van der Waals surface area contributed by atoms with E-state index in [0.717, 1.165) is 17.6 Å². The maximum Gasteiger partial charge on any atom is 0.150 e. The lowest BCUT2D eigenvalue weighted by atomic mass is 9.89. The molecule has 2 nitrogen and oxygen atoms in total. The lowest BCUT2D eigenvalue weighted by Crippen LogP contribution is -2.01. The SMILES string of the molecule is COc1ccc(C2=C(C)C(C)=C(C)C2C)c(C=O)c1. The second-order valence-corrected chi connectivity index (χ2v) is 5.14. The molecule has 0 saturated carbocycles. The Labute approximate surface area is 114 Å². The van der Waals surface area contributed by atoms with Gasteiger partial charge in [0.1, 0.15) is 5.75 Å². The molecule has 1 aromatic rings. The van der Waals surface area contributed by atoms with E-state index in [2.05, 4.69) is 27.7 Å². The van der Waals surface area contributed by atoms with Crippen LogP contribution in [-0.2, 0) is 0 Å². The molecular formula is C17H20O2. The van der Waals surface area contributed by atoms with Gasteiger partial charge in [0.2, 0.25) is 0 Å². The van der Waals surface area contributed by atoms with E-state index in [-0.39, 0.29) is 0 Å². The number of hydrogen-bond acceptors (Lipinski definition) is 2. The summed E-state index contributed by atoms with van der Waals surface area (Å²) in [7, 11) is 1.61. The molecule has 0 spiro atoms. The summed E-state index contributed by atoms with van der Waals surface area (Å²) < 4.78 is 5.18. The van der Waals surface area contributed by atoms with Crippen molar-refractivity contribution in [1.82, 2.24) is 0 Å². The molecule has 0 saturated heterocycles. The van der Waals surface area contributed by atoms with Crippen molar-refractivity contribution in [2.45, 2.75) is 27.7 Å². The second kappa shape index (κ2) is 5.04. The maximum absolute atomic E-state index is 11.3. The Hall–Kier alpha value is -1.83. The summed E-state index contributed by atoms with van der Waals surface area (Å²) in [5.74, 6) is 1.09. The fourth-order valence-corrected chi connectivity index (χ4v) is 2.81. The number of carbonyl (C=O) groups excluding carboxylic acids is 1. The molecule has 0 radical (unpaired) electrons. The molecule has 0 bridgehead atoms. The molecule has 0 fully saturated rings. The van der Waals surface area contributed by atoms with Crippen molar-refractivity contribution < 1.29 is 9.53 Å². The van der Waals surface area contributed by atoms with E-state index in [9.17, 15) is 4.79 Å². The number of carbonyl (C=O) groups is 1. The normalized spacial score (nSPS) is 19.1. The highest BCUT2D eigenvalue weighted by molar-refractivity contribution is 5.90. The summed E-state index contributed by atoms with van der Waals surface area (Å²) in [6, 6.07) is 5.71. The number of hydrogen-bond donors (Lipinski definition) is 0. The molecule has 1 aliphatic carbocycles. The lowest BCUT2D eigenvalue weighted by molar-refractivity contribution is 0.112. The van der Waals surface area contributed by atoms with E-state index in [4.69, 9.17) is 4.74 Å². The smallest absolute Gasteiger partial charge is 0.150 e. The molecule has 2 rings (SSSR count). The molecule has 0 N–H and O–H groups in total. The van der Waals surface area contributed by atoms with Crippen LogP contribution in [0, 0.1) is 5.92 Å². The summed E-state index contributed by atoms with van der Waals surface area (Å²) in [4.78, 5) is 11.3. The van der Waals surface area contributed by atoms with Gasteiger partial charge in [0.15, 0.2) is 6.29 Å². The van der Waals surface area contributed by atoms with E-state index in [1.54, 1.807) is 13.2 Å². The Morgan fingerprint density at radius 2 is 1.84 bits per heavy atom. The van der Waals surface area contributed by atoms with Crippen molar-refractivity contribution in [2.75, 3.05) is 7.11 Å². The zero-order valence-corrected chi connectivity index (χ0v) is 12.2. The lowest BCUT2D eigenvalue weighted by Gasteiger charge is -2.15. The molecule has 1 aromatic carbocycles. The van der Waals surface area contributed by atoms with Gasteiger partial charge in [-0.3, -0.25) is 4.79 Å². The Morgan fingerprint density at radius 3 is 2.32 bits per heavy atom. The third kappa shape index (κ3) is 2.12. The van der Waals surface area contributed by atoms with E-state index in [0.29, 0.717) is 11.5 Å². The first-order valence-electron chi connectivity index (χ1n) is 6.53. The van der Waals surface area contributed by atoms with Gasteiger partial charge in [-0.25, -0.2) is 0 Å². The third-order valence-corrected chi connectivity index (χ3v) is 4.32. The van der Waals surface area contributed by atoms with E-state index >= 15 is 0 Å². The van der Waals surface area contributed by atoms with Crippen LogP contribution >= 0.6 is 0 Å². The summed E-state index contributed by atoms with van der Waals surface area (Å²) in [6.45, 7) is 8.65. The van der Waals surface area contributed by atoms with Gasteiger partial charge in [-0.2, -0.15) is 0 Å². The molecule has 0 aromatic heterocycles. The number of ether oxygens (including phenoxy) is 1. The van der Waals surface area contributed by atoms with Crippen LogP contribution in [0.4, 0.5) is 0 Å². The molecule has 1 atom stereocenters. The van der Waals surface area contributed by atoms with Crippen LogP contribution in [0.5, 0.6) is 5.75 Å². The minimum absolute atomic E-state index is 0.368. The van der Waals surface area contributed by atoms with Crippen LogP contribution < -0.4 is 4.74 Å². The van der Waals surface area contributed by atoms with Gasteiger partial charge in [-0.15, -0.1) is 0 Å². The zero-order chi connectivity index (χ0) is 14.2. The van der Waals surface area contributed by atoms with Crippen molar-refractivity contribution in [3.63, 3.8) is 0 Å². The van der Waals surface area contributed by atoms with Gasteiger partial charge >= 0.3 is 0 Å². The van der Waals surface area contributed by atoms with Gasteiger partial charge in [0.05, 0.1) is 7.11 Å². The van der Waals surface area contributed by atoms with Gasteiger partial charge < -0.3 is 4.74 Å². The van der Waals surface area contributed by atoms with E-state index < -0.39 is 0 Å². The highest BCUT2D eigenvalue weighted by Gasteiger charge is 2.26. The van der Waals surface area contributed by atoms with Crippen LogP contribution in [0.3, 0.4) is 0 Å². The molecule has 2 heteroatoms. The standard InChI is InChI=1S/C17H20O2/c1-10-11(2)13(4)17(12(10)3)16-7-6-15(19-5)8-14(16)9-18/h6-9,12H,1-5H3. The van der Waals surface area contributed by atoms with Crippen LogP contribution in [-0.4, -0.2) is 13.4 Å². The van der Waals surface area contributed by atoms with E-state index in [1.807, 2.05) is 12.1 Å². The minimum atomic E-state index is 0.368. The number of allylic oxidation sites excluding steroid dienone is 4. The molecule has 1 unspecified atom stereocenters. The molecule has 0 heterocycles. The van der Waals surface area contributed by atoms with Crippen molar-refractivity contribution in [2.24, 2.45) is 5.92 Å². The van der Waals surface area contributed by atoms with Gasteiger partial charge in [0, 0.05) is 11.5 Å². The average molecular weight is 256 g/mol. The first kappa shape index (κ1) is 13.6. The van der Waals surface area contributed by atoms with E-state index in [1.165, 1.54) is 22.3 Å². The largest absolute Gasteiger partial charge is 0.497 e. The molecule has 0 amide bonds. The number of methoxy groups -OCH3 is 1. The fraction of sp³-hybridized carbons (Fsp3) is 0.353. The Morgan fingerprint density at radius 1 is 1.16 bits per heavy atom. The Kier molecular flexibility index (Phi) is 3.61. The molecule has 1 aliphatic rings. The van der Waals surface area contributed by atoms with Crippen LogP contribution in [0.15, 0.2) is 34.9 Å². The zero-order valence-electron chi connectivity index (χ0n) is 12.2. The molecule has 19 heavy (non-hydrogen) atoms. The molecule has 0 aliphatic heterocycles. The monoisotopic (exact) mass is 256 g/mol. The van der Waals surface area contributed by atoms with Crippen LogP contribution in [0.2, 0.25) is 0 Å². The summed E-state index contributed by atoms with van der Waals surface area (Å²) >= 11 is 0. The fourth-order valence-electron chi connectivity index (χ4n) is 2.81. The maximum atomic E-state index is 11.3. The minimum Gasteiger partial charge on any atom is -0.497 e. The summed E-state index contributed by atoms with van der Waals surface area (Å²) in [5.41, 5.74) is 7.01. The van der Waals surface area contributed by atoms with Crippen molar-refractivity contribution in [1.29, 1.82) is 0 Å². The van der Waals surface area contributed by atoms with Gasteiger partial charge in [0.25, 0.3) is 0 Å². The Bertz CT molecular complexity index is 591. The first-order chi connectivity index (χ1) is 9.01. The predicted molar refractivity (Wildman–Crippen MR) is 78.5 cm³/mol. The molecular weight excluding hydrogens is 236 g/mol. The third-order valence-electron chi connectivity index (χ3n) is 4.32. The highest BCUT2D eigenvalue weighted by atomic mass is 16.5.